The number of hydrogen-bond donors (Lipinski definition) is 1. The molecule has 0 heterocycles. The molecule has 1 atom stereocenters. The van der Waals surface area contributed by atoms with Crippen LogP contribution in [-0.4, -0.2) is 7.11 Å². The summed E-state index contributed by atoms with van der Waals surface area (Å²) in [4.78, 5) is 0. The van der Waals surface area contributed by atoms with Crippen LogP contribution in [0, 0.1) is 17.1 Å². The van der Waals surface area contributed by atoms with Gasteiger partial charge in [-0.05, 0) is 6.07 Å². The molecule has 14 heavy (non-hydrogen) atoms. The topological polar surface area (TPSA) is 59.0 Å². The van der Waals surface area contributed by atoms with E-state index in [2.05, 4.69) is 0 Å². The van der Waals surface area contributed by atoms with Crippen LogP contribution in [0.1, 0.15) is 18.0 Å². The van der Waals surface area contributed by atoms with Crippen molar-refractivity contribution in [3.05, 3.63) is 29.6 Å². The number of benzene rings is 1. The molecule has 0 bridgehead atoms. The van der Waals surface area contributed by atoms with Crippen LogP contribution < -0.4 is 10.5 Å². The van der Waals surface area contributed by atoms with Crippen molar-refractivity contribution in [2.45, 2.75) is 12.5 Å². The lowest BCUT2D eigenvalue weighted by molar-refractivity contribution is 0.378. The van der Waals surface area contributed by atoms with Crippen LogP contribution in [0.25, 0.3) is 0 Å². The SMILES string of the molecule is COc1c(F)cccc1C(N)CC#N. The van der Waals surface area contributed by atoms with Crippen LogP contribution in [0.3, 0.4) is 0 Å². The Hall–Kier alpha value is -1.60. The van der Waals surface area contributed by atoms with Gasteiger partial charge in [-0.15, -0.1) is 0 Å². The monoisotopic (exact) mass is 194 g/mol. The third kappa shape index (κ3) is 2.01. The predicted octanol–water partition coefficient (Wildman–Crippen LogP) is 1.75. The summed E-state index contributed by atoms with van der Waals surface area (Å²) in [6.45, 7) is 0. The highest BCUT2D eigenvalue weighted by atomic mass is 19.1. The molecule has 0 saturated heterocycles. The van der Waals surface area contributed by atoms with Crippen molar-refractivity contribution >= 4 is 0 Å². The number of nitriles is 1. The van der Waals surface area contributed by atoms with Gasteiger partial charge >= 0.3 is 0 Å². The molecule has 0 fully saturated rings. The molecule has 1 unspecified atom stereocenters. The molecular weight excluding hydrogens is 183 g/mol. The quantitative estimate of drug-likeness (QED) is 0.797. The summed E-state index contributed by atoms with van der Waals surface area (Å²) in [5, 5.41) is 8.47. The second kappa shape index (κ2) is 4.58. The van der Waals surface area contributed by atoms with Crippen molar-refractivity contribution in [1.82, 2.24) is 0 Å². The van der Waals surface area contributed by atoms with Gasteiger partial charge in [0, 0.05) is 11.6 Å². The summed E-state index contributed by atoms with van der Waals surface area (Å²) in [7, 11) is 1.38. The number of hydrogen-bond acceptors (Lipinski definition) is 3. The van der Waals surface area contributed by atoms with Crippen LogP contribution in [-0.2, 0) is 0 Å². The summed E-state index contributed by atoms with van der Waals surface area (Å²) in [5.74, 6) is -0.339. The zero-order valence-corrected chi connectivity index (χ0v) is 7.83. The van der Waals surface area contributed by atoms with Crippen molar-refractivity contribution in [3.63, 3.8) is 0 Å². The zero-order chi connectivity index (χ0) is 10.6. The molecule has 1 aromatic carbocycles. The van der Waals surface area contributed by atoms with Crippen LogP contribution in [0.5, 0.6) is 5.75 Å². The molecule has 3 nitrogen and oxygen atoms in total. The average Bonchev–Trinajstić information content (AvgIpc) is 2.17. The first-order chi connectivity index (χ1) is 6.70. The number of methoxy groups -OCH3 is 1. The molecule has 0 aliphatic heterocycles. The Bertz CT molecular complexity index is 360. The smallest absolute Gasteiger partial charge is 0.165 e. The van der Waals surface area contributed by atoms with Crippen molar-refractivity contribution in [2.75, 3.05) is 7.11 Å². The summed E-state index contributed by atoms with van der Waals surface area (Å²) >= 11 is 0. The Morgan fingerprint density at radius 2 is 2.36 bits per heavy atom. The van der Waals surface area contributed by atoms with Crippen molar-refractivity contribution in [1.29, 1.82) is 5.26 Å². The van der Waals surface area contributed by atoms with Crippen molar-refractivity contribution in [2.24, 2.45) is 5.73 Å². The molecule has 1 rings (SSSR count). The van der Waals surface area contributed by atoms with Gasteiger partial charge in [-0.2, -0.15) is 5.26 Å². The van der Waals surface area contributed by atoms with E-state index in [0.717, 1.165) is 0 Å². The van der Waals surface area contributed by atoms with Gasteiger partial charge in [-0.1, -0.05) is 12.1 Å². The molecule has 0 amide bonds. The second-order valence-corrected chi connectivity index (χ2v) is 2.83. The van der Waals surface area contributed by atoms with E-state index in [9.17, 15) is 4.39 Å². The fourth-order valence-corrected chi connectivity index (χ4v) is 1.24. The zero-order valence-electron chi connectivity index (χ0n) is 7.83. The maximum absolute atomic E-state index is 13.2. The molecule has 1 aromatic rings. The summed E-state index contributed by atoms with van der Waals surface area (Å²) in [6.07, 6.45) is 0.139. The first-order valence-corrected chi connectivity index (χ1v) is 4.15. The van der Waals surface area contributed by atoms with Gasteiger partial charge in [-0.25, -0.2) is 4.39 Å². The van der Waals surface area contributed by atoms with E-state index in [-0.39, 0.29) is 12.2 Å². The standard InChI is InChI=1S/C10H11FN2O/c1-14-10-7(9(13)5-6-12)3-2-4-8(10)11/h2-4,9H,5,13H2,1H3. The lowest BCUT2D eigenvalue weighted by Gasteiger charge is -2.13. The van der Waals surface area contributed by atoms with Crippen LogP contribution in [0.15, 0.2) is 18.2 Å². The second-order valence-electron chi connectivity index (χ2n) is 2.83. The highest BCUT2D eigenvalue weighted by molar-refractivity contribution is 5.37. The molecule has 0 aliphatic rings. The summed E-state index contributed by atoms with van der Waals surface area (Å²) < 4.78 is 18.1. The molecule has 74 valence electrons. The normalized spacial score (nSPS) is 11.9. The lowest BCUT2D eigenvalue weighted by atomic mass is 10.0. The fraction of sp³-hybridized carbons (Fsp3) is 0.300. The molecular formula is C10H11FN2O. The largest absolute Gasteiger partial charge is 0.493 e. The molecule has 4 heteroatoms. The van der Waals surface area contributed by atoms with Gasteiger partial charge < -0.3 is 10.5 Å². The lowest BCUT2D eigenvalue weighted by Crippen LogP contribution is -2.11. The minimum absolute atomic E-state index is 0.121. The molecule has 0 saturated carbocycles. The van der Waals surface area contributed by atoms with Gasteiger partial charge in [0.05, 0.1) is 19.6 Å². The average molecular weight is 194 g/mol. The Kier molecular flexibility index (Phi) is 3.43. The predicted molar refractivity (Wildman–Crippen MR) is 50.1 cm³/mol. The minimum Gasteiger partial charge on any atom is -0.493 e. The number of nitrogens with two attached hydrogens (primary N) is 1. The van der Waals surface area contributed by atoms with Crippen LogP contribution >= 0.6 is 0 Å². The fourth-order valence-electron chi connectivity index (χ4n) is 1.24. The van der Waals surface area contributed by atoms with Crippen LogP contribution in [0.2, 0.25) is 0 Å². The van der Waals surface area contributed by atoms with Crippen molar-refractivity contribution in [3.8, 4) is 11.8 Å². The van der Waals surface area contributed by atoms with Crippen molar-refractivity contribution < 1.29 is 9.13 Å². The van der Waals surface area contributed by atoms with E-state index in [1.54, 1.807) is 12.1 Å². The first-order valence-electron chi connectivity index (χ1n) is 4.15. The number of halogens is 1. The van der Waals surface area contributed by atoms with Crippen LogP contribution in [0.4, 0.5) is 4.39 Å². The van der Waals surface area contributed by atoms with E-state index in [4.69, 9.17) is 15.7 Å². The maximum atomic E-state index is 13.2. The number of rotatable bonds is 3. The molecule has 0 radical (unpaired) electrons. The molecule has 2 N–H and O–H groups in total. The third-order valence-electron chi connectivity index (χ3n) is 1.91. The van der Waals surface area contributed by atoms with Gasteiger partial charge in [0.2, 0.25) is 0 Å². The summed E-state index contributed by atoms with van der Waals surface area (Å²) in [5.41, 5.74) is 6.20. The highest BCUT2D eigenvalue weighted by Gasteiger charge is 2.14. The van der Waals surface area contributed by atoms with E-state index in [0.29, 0.717) is 5.56 Å². The maximum Gasteiger partial charge on any atom is 0.165 e. The van der Waals surface area contributed by atoms with E-state index in [1.807, 2.05) is 6.07 Å². The number of para-hydroxylation sites is 1. The Morgan fingerprint density at radius 1 is 1.64 bits per heavy atom. The van der Waals surface area contributed by atoms with Gasteiger partial charge in [0.15, 0.2) is 11.6 Å². The number of nitrogens with zero attached hydrogens (tertiary/aromatic N) is 1. The minimum atomic E-state index is -0.509. The summed E-state index contributed by atoms with van der Waals surface area (Å²) in [6, 6.07) is 5.92. The Morgan fingerprint density at radius 3 is 2.93 bits per heavy atom. The Labute approximate surface area is 81.9 Å². The van der Waals surface area contributed by atoms with Gasteiger partial charge in [-0.3, -0.25) is 0 Å². The van der Waals surface area contributed by atoms with E-state index < -0.39 is 11.9 Å². The molecule has 0 aliphatic carbocycles. The first kappa shape index (κ1) is 10.5. The molecule has 0 spiro atoms. The molecule has 0 aromatic heterocycles. The Balaban J connectivity index is 3.08. The van der Waals surface area contributed by atoms with E-state index in [1.165, 1.54) is 13.2 Å². The highest BCUT2D eigenvalue weighted by Crippen LogP contribution is 2.27. The third-order valence-corrected chi connectivity index (χ3v) is 1.91. The van der Waals surface area contributed by atoms with E-state index >= 15 is 0 Å². The van der Waals surface area contributed by atoms with Gasteiger partial charge in [0.1, 0.15) is 0 Å². The van der Waals surface area contributed by atoms with Gasteiger partial charge in [0.25, 0.3) is 0 Å². The number of ether oxygens (including phenoxy) is 1.